The van der Waals surface area contributed by atoms with Crippen LogP contribution in [0.3, 0.4) is 0 Å². The van der Waals surface area contributed by atoms with E-state index in [1.54, 1.807) is 11.3 Å². The summed E-state index contributed by atoms with van der Waals surface area (Å²) < 4.78 is 1.24. The Morgan fingerprint density at radius 2 is 2.15 bits per heavy atom. The van der Waals surface area contributed by atoms with Crippen molar-refractivity contribution in [1.82, 2.24) is 15.5 Å². The number of likely N-dealkylation sites (N-methyl/N-ethyl adjacent to an activating group) is 1. The fourth-order valence-corrected chi connectivity index (χ4v) is 4.55. The van der Waals surface area contributed by atoms with E-state index in [9.17, 15) is 9.59 Å². The summed E-state index contributed by atoms with van der Waals surface area (Å²) in [6, 6.07) is 10.1. The molecular formula is C19H25N3O3S. The molecule has 0 unspecified atom stereocenters. The fourth-order valence-electron chi connectivity index (χ4n) is 3.46. The average molecular weight is 375 g/mol. The standard InChI is InChI=1S/C19H25N3O3S/c1-2-20-19(25)16-10-14(21-18(24)7-8-23)11-22(16)12-15-9-13-5-3-4-6-17(13)26-15/h3-6,9,14,16,23H,2,7-8,10-12H2,1H3,(H,20,25)(H,21,24)/t14-,16-/m0/s1. The summed E-state index contributed by atoms with van der Waals surface area (Å²) in [5.41, 5.74) is 0. The van der Waals surface area contributed by atoms with Gasteiger partial charge in [-0.1, -0.05) is 18.2 Å². The monoisotopic (exact) mass is 375 g/mol. The molecule has 1 aliphatic heterocycles. The first-order valence-electron chi connectivity index (χ1n) is 9.00. The molecule has 2 aromatic rings. The number of nitrogens with zero attached hydrogens (tertiary/aromatic N) is 1. The molecule has 1 aromatic carbocycles. The van der Waals surface area contributed by atoms with Crippen LogP contribution in [0, 0.1) is 0 Å². The van der Waals surface area contributed by atoms with E-state index in [4.69, 9.17) is 5.11 Å². The van der Waals surface area contributed by atoms with Gasteiger partial charge >= 0.3 is 0 Å². The number of rotatable bonds is 7. The second-order valence-electron chi connectivity index (χ2n) is 6.56. The van der Waals surface area contributed by atoms with E-state index < -0.39 is 0 Å². The number of fused-ring (bicyclic) bond motifs is 1. The molecule has 1 saturated heterocycles. The third-order valence-electron chi connectivity index (χ3n) is 4.60. The number of amides is 2. The Morgan fingerprint density at radius 3 is 2.88 bits per heavy atom. The highest BCUT2D eigenvalue weighted by molar-refractivity contribution is 7.19. The van der Waals surface area contributed by atoms with E-state index in [2.05, 4.69) is 33.7 Å². The van der Waals surface area contributed by atoms with Crippen LogP contribution in [0.2, 0.25) is 0 Å². The van der Waals surface area contributed by atoms with Gasteiger partial charge in [0.15, 0.2) is 0 Å². The van der Waals surface area contributed by atoms with Crippen LogP contribution < -0.4 is 10.6 Å². The zero-order valence-electron chi connectivity index (χ0n) is 14.9. The lowest BCUT2D eigenvalue weighted by molar-refractivity contribution is -0.125. The lowest BCUT2D eigenvalue weighted by atomic mass is 10.1. The molecule has 3 N–H and O–H groups in total. The SMILES string of the molecule is CCNC(=O)[C@@H]1C[C@H](NC(=O)CCO)CN1Cc1cc2ccccc2s1. The normalized spacial score (nSPS) is 20.4. The maximum absolute atomic E-state index is 12.5. The molecule has 2 amide bonds. The fraction of sp³-hybridized carbons (Fsp3) is 0.474. The van der Waals surface area contributed by atoms with Gasteiger partial charge in [-0.25, -0.2) is 0 Å². The number of thiophene rings is 1. The molecule has 0 saturated carbocycles. The largest absolute Gasteiger partial charge is 0.396 e. The molecular weight excluding hydrogens is 350 g/mol. The number of hydrogen-bond donors (Lipinski definition) is 3. The van der Waals surface area contributed by atoms with Gasteiger partial charge < -0.3 is 15.7 Å². The third kappa shape index (κ3) is 4.41. The number of carbonyl (C=O) groups is 2. The number of nitrogens with one attached hydrogen (secondary N) is 2. The molecule has 0 radical (unpaired) electrons. The van der Waals surface area contributed by atoms with E-state index in [1.807, 2.05) is 19.1 Å². The van der Waals surface area contributed by atoms with Crippen LogP contribution in [0.4, 0.5) is 0 Å². The Bertz CT molecular complexity index is 743. The number of aliphatic hydroxyl groups is 1. The summed E-state index contributed by atoms with van der Waals surface area (Å²) in [5.74, 6) is -0.164. The summed E-state index contributed by atoms with van der Waals surface area (Å²) in [4.78, 5) is 27.6. The van der Waals surface area contributed by atoms with Crippen molar-refractivity contribution in [2.75, 3.05) is 19.7 Å². The zero-order chi connectivity index (χ0) is 18.5. The van der Waals surface area contributed by atoms with Crippen LogP contribution in [0.1, 0.15) is 24.6 Å². The quantitative estimate of drug-likeness (QED) is 0.685. The molecule has 1 aromatic heterocycles. The van der Waals surface area contributed by atoms with E-state index >= 15 is 0 Å². The summed E-state index contributed by atoms with van der Waals surface area (Å²) in [6.45, 7) is 3.65. The van der Waals surface area contributed by atoms with Gasteiger partial charge in [-0.2, -0.15) is 0 Å². The van der Waals surface area contributed by atoms with Gasteiger partial charge in [-0.15, -0.1) is 11.3 Å². The number of likely N-dealkylation sites (tertiary alicyclic amines) is 1. The minimum Gasteiger partial charge on any atom is -0.396 e. The first-order valence-corrected chi connectivity index (χ1v) is 9.81. The molecule has 1 fully saturated rings. The number of carbonyl (C=O) groups excluding carboxylic acids is 2. The van der Waals surface area contributed by atoms with Crippen LogP contribution in [0.5, 0.6) is 0 Å². The van der Waals surface area contributed by atoms with Crippen molar-refractivity contribution >= 4 is 33.2 Å². The van der Waals surface area contributed by atoms with Crippen LogP contribution in [0.15, 0.2) is 30.3 Å². The van der Waals surface area contributed by atoms with Crippen molar-refractivity contribution in [3.05, 3.63) is 35.2 Å². The van der Waals surface area contributed by atoms with Crippen LogP contribution in [-0.2, 0) is 16.1 Å². The molecule has 140 valence electrons. The maximum Gasteiger partial charge on any atom is 0.237 e. The first kappa shape index (κ1) is 18.8. The molecule has 26 heavy (non-hydrogen) atoms. The predicted molar refractivity (Wildman–Crippen MR) is 103 cm³/mol. The minimum atomic E-state index is -0.250. The number of hydrogen-bond acceptors (Lipinski definition) is 5. The lowest BCUT2D eigenvalue weighted by Gasteiger charge is -2.22. The van der Waals surface area contributed by atoms with Gasteiger partial charge in [-0.3, -0.25) is 14.5 Å². The van der Waals surface area contributed by atoms with Gasteiger partial charge in [0.05, 0.1) is 12.6 Å². The Balaban J connectivity index is 1.72. The van der Waals surface area contributed by atoms with Crippen molar-refractivity contribution in [3.8, 4) is 0 Å². The summed E-state index contributed by atoms with van der Waals surface area (Å²) >= 11 is 1.74. The van der Waals surface area contributed by atoms with E-state index in [0.29, 0.717) is 26.1 Å². The number of benzene rings is 1. The highest BCUT2D eigenvalue weighted by Crippen LogP contribution is 2.29. The number of aliphatic hydroxyl groups excluding tert-OH is 1. The molecule has 3 rings (SSSR count). The van der Waals surface area contributed by atoms with Crippen molar-refractivity contribution in [2.45, 2.75) is 38.4 Å². The van der Waals surface area contributed by atoms with Gasteiger partial charge in [0.25, 0.3) is 0 Å². The minimum absolute atomic E-state index is 0.00696. The van der Waals surface area contributed by atoms with Crippen LogP contribution in [0.25, 0.3) is 10.1 Å². The average Bonchev–Trinajstić information content (AvgIpc) is 3.18. The van der Waals surface area contributed by atoms with Crippen molar-refractivity contribution in [3.63, 3.8) is 0 Å². The molecule has 2 atom stereocenters. The van der Waals surface area contributed by atoms with Crippen LogP contribution >= 0.6 is 11.3 Å². The summed E-state index contributed by atoms with van der Waals surface area (Å²) in [5, 5.41) is 16.0. The van der Waals surface area contributed by atoms with Gasteiger partial charge in [0.2, 0.25) is 11.8 Å². The smallest absolute Gasteiger partial charge is 0.237 e. The summed E-state index contributed by atoms with van der Waals surface area (Å²) in [7, 11) is 0. The molecule has 0 spiro atoms. The van der Waals surface area contributed by atoms with Crippen molar-refractivity contribution < 1.29 is 14.7 Å². The molecule has 2 heterocycles. The zero-order valence-corrected chi connectivity index (χ0v) is 15.7. The van der Waals surface area contributed by atoms with Gasteiger partial charge in [0.1, 0.15) is 0 Å². The van der Waals surface area contributed by atoms with Crippen LogP contribution in [-0.4, -0.2) is 53.6 Å². The predicted octanol–water partition coefficient (Wildman–Crippen LogP) is 1.48. The molecule has 0 bridgehead atoms. The van der Waals surface area contributed by atoms with E-state index in [0.717, 1.165) is 0 Å². The summed E-state index contributed by atoms with van der Waals surface area (Å²) in [6.07, 6.45) is 0.687. The highest BCUT2D eigenvalue weighted by atomic mass is 32.1. The third-order valence-corrected chi connectivity index (χ3v) is 5.70. The maximum atomic E-state index is 12.5. The van der Waals surface area contributed by atoms with Crippen molar-refractivity contribution in [2.24, 2.45) is 0 Å². The topological polar surface area (TPSA) is 81.7 Å². The Morgan fingerprint density at radius 1 is 1.35 bits per heavy atom. The second kappa shape index (κ2) is 8.62. The Hall–Kier alpha value is -1.96. The molecule has 0 aliphatic carbocycles. The first-order chi connectivity index (χ1) is 12.6. The van der Waals surface area contributed by atoms with E-state index in [-0.39, 0.29) is 36.9 Å². The molecule has 1 aliphatic rings. The van der Waals surface area contributed by atoms with Gasteiger partial charge in [-0.05, 0) is 30.9 Å². The van der Waals surface area contributed by atoms with Crippen molar-refractivity contribution in [1.29, 1.82) is 0 Å². The Kier molecular flexibility index (Phi) is 6.24. The van der Waals surface area contributed by atoms with Gasteiger partial charge in [0, 0.05) is 41.7 Å². The lowest BCUT2D eigenvalue weighted by Crippen LogP contribution is -2.42. The molecule has 6 nitrogen and oxygen atoms in total. The van der Waals surface area contributed by atoms with E-state index in [1.165, 1.54) is 15.0 Å². The molecule has 7 heteroatoms. The Labute approximate surface area is 157 Å². The highest BCUT2D eigenvalue weighted by Gasteiger charge is 2.37. The second-order valence-corrected chi connectivity index (χ2v) is 7.73.